The fourth-order valence-electron chi connectivity index (χ4n) is 3.23. The molecule has 1 aromatic heterocycles. The Morgan fingerprint density at radius 3 is 2.52 bits per heavy atom. The first-order valence-electron chi connectivity index (χ1n) is 9.28. The van der Waals surface area contributed by atoms with Gasteiger partial charge in [-0.2, -0.15) is 0 Å². The van der Waals surface area contributed by atoms with Crippen LogP contribution in [0.1, 0.15) is 26.3 Å². The van der Waals surface area contributed by atoms with Crippen molar-refractivity contribution in [1.29, 1.82) is 0 Å². The monoisotopic (exact) mass is 375 g/mol. The molecule has 146 valence electrons. The smallest absolute Gasteiger partial charge is 0.233 e. The Morgan fingerprint density at radius 2 is 1.93 bits per heavy atom. The highest BCUT2D eigenvalue weighted by Crippen LogP contribution is 2.33. The van der Waals surface area contributed by atoms with Crippen LogP contribution in [-0.4, -0.2) is 48.8 Å². The van der Waals surface area contributed by atoms with E-state index in [2.05, 4.69) is 23.9 Å². The van der Waals surface area contributed by atoms with E-state index in [4.69, 9.17) is 9.26 Å². The van der Waals surface area contributed by atoms with Crippen LogP contribution in [0.4, 0.5) is 10.3 Å². The zero-order valence-electron chi connectivity index (χ0n) is 16.1. The fourth-order valence-corrected chi connectivity index (χ4v) is 3.23. The first-order chi connectivity index (χ1) is 13.0. The molecule has 2 heterocycles. The van der Waals surface area contributed by atoms with Crippen LogP contribution in [-0.2, 0) is 16.1 Å². The van der Waals surface area contributed by atoms with E-state index >= 15 is 0 Å². The van der Waals surface area contributed by atoms with Crippen molar-refractivity contribution in [3.63, 3.8) is 0 Å². The maximum absolute atomic E-state index is 13.3. The van der Waals surface area contributed by atoms with E-state index < -0.39 is 0 Å². The number of amides is 1. The second kappa shape index (κ2) is 8.52. The summed E-state index contributed by atoms with van der Waals surface area (Å²) < 4.78 is 24.5. The van der Waals surface area contributed by atoms with Crippen LogP contribution in [0, 0.1) is 11.7 Å². The molecule has 3 rings (SSSR count). The molecule has 0 unspecified atom stereocenters. The lowest BCUT2D eigenvalue weighted by atomic mass is 10.1. The van der Waals surface area contributed by atoms with Crippen molar-refractivity contribution in [1.82, 2.24) is 10.1 Å². The topological polar surface area (TPSA) is 58.8 Å². The fraction of sp³-hybridized carbons (Fsp3) is 0.500. The zero-order valence-corrected chi connectivity index (χ0v) is 16.1. The molecule has 27 heavy (non-hydrogen) atoms. The van der Waals surface area contributed by atoms with Gasteiger partial charge in [-0.05, 0) is 30.2 Å². The number of aromatic nitrogens is 1. The molecule has 7 heteroatoms. The molecule has 1 fully saturated rings. The Morgan fingerprint density at radius 1 is 1.26 bits per heavy atom. The molecule has 0 aliphatic carbocycles. The highest BCUT2D eigenvalue weighted by molar-refractivity contribution is 5.75. The van der Waals surface area contributed by atoms with Crippen LogP contribution >= 0.6 is 0 Å². The number of anilines is 1. The van der Waals surface area contributed by atoms with E-state index in [-0.39, 0.29) is 11.7 Å². The average molecular weight is 375 g/mol. The second-order valence-electron chi connectivity index (χ2n) is 7.21. The number of hydrogen-bond acceptors (Lipinski definition) is 5. The van der Waals surface area contributed by atoms with Gasteiger partial charge in [0.25, 0.3) is 0 Å². The Kier molecular flexibility index (Phi) is 6.11. The van der Waals surface area contributed by atoms with Gasteiger partial charge in [-0.1, -0.05) is 19.0 Å². The van der Waals surface area contributed by atoms with Crippen molar-refractivity contribution in [3.05, 3.63) is 35.6 Å². The lowest BCUT2D eigenvalue weighted by Crippen LogP contribution is -2.37. The Labute approximate surface area is 158 Å². The summed E-state index contributed by atoms with van der Waals surface area (Å²) in [4.78, 5) is 16.1. The SMILES string of the molecule is CC(=O)N(Cc1c(-c2ccc(F)cc2)noc1N1CCOCC1)CC(C)C. The van der Waals surface area contributed by atoms with E-state index in [0.717, 1.165) is 11.1 Å². The van der Waals surface area contributed by atoms with E-state index in [1.807, 2.05) is 0 Å². The number of hydrogen-bond donors (Lipinski definition) is 0. The van der Waals surface area contributed by atoms with Crippen LogP contribution in [0.5, 0.6) is 0 Å². The third-order valence-corrected chi connectivity index (χ3v) is 4.56. The van der Waals surface area contributed by atoms with E-state index in [0.29, 0.717) is 56.9 Å². The number of halogens is 1. The molecule has 6 nitrogen and oxygen atoms in total. The molecule has 0 saturated carbocycles. The largest absolute Gasteiger partial charge is 0.378 e. The van der Waals surface area contributed by atoms with Gasteiger partial charge < -0.3 is 19.1 Å². The first kappa shape index (κ1) is 19.4. The van der Waals surface area contributed by atoms with Crippen LogP contribution in [0.25, 0.3) is 11.3 Å². The third-order valence-electron chi connectivity index (χ3n) is 4.56. The van der Waals surface area contributed by atoms with Crippen molar-refractivity contribution in [3.8, 4) is 11.3 Å². The molecule has 2 aromatic rings. The number of benzene rings is 1. The molecule has 0 radical (unpaired) electrons. The maximum atomic E-state index is 13.3. The van der Waals surface area contributed by atoms with Gasteiger partial charge in [0.05, 0.1) is 25.3 Å². The summed E-state index contributed by atoms with van der Waals surface area (Å²) in [6, 6.07) is 6.17. The highest BCUT2D eigenvalue weighted by Gasteiger charge is 2.26. The second-order valence-corrected chi connectivity index (χ2v) is 7.21. The molecule has 1 aliphatic heterocycles. The standard InChI is InChI=1S/C20H26FN3O3/c1-14(2)12-24(15(3)25)13-18-19(16-4-6-17(21)7-5-16)22-27-20(18)23-8-10-26-11-9-23/h4-7,14H,8-13H2,1-3H3. The zero-order chi connectivity index (χ0) is 19.4. The van der Waals surface area contributed by atoms with Crippen molar-refractivity contribution < 1.29 is 18.4 Å². The highest BCUT2D eigenvalue weighted by atomic mass is 19.1. The number of rotatable bonds is 6. The van der Waals surface area contributed by atoms with E-state index in [1.54, 1.807) is 24.0 Å². The molecule has 0 spiro atoms. The van der Waals surface area contributed by atoms with Crippen molar-refractivity contribution in [2.24, 2.45) is 5.92 Å². The molecule has 0 atom stereocenters. The van der Waals surface area contributed by atoms with Crippen molar-refractivity contribution in [2.75, 3.05) is 37.7 Å². The van der Waals surface area contributed by atoms with Crippen molar-refractivity contribution in [2.45, 2.75) is 27.3 Å². The van der Waals surface area contributed by atoms with Gasteiger partial charge in [-0.25, -0.2) is 4.39 Å². The minimum atomic E-state index is -0.303. The summed E-state index contributed by atoms with van der Waals surface area (Å²) >= 11 is 0. The summed E-state index contributed by atoms with van der Waals surface area (Å²) in [6.07, 6.45) is 0. The quantitative estimate of drug-likeness (QED) is 0.775. The van der Waals surface area contributed by atoms with Gasteiger partial charge in [0, 0.05) is 32.1 Å². The van der Waals surface area contributed by atoms with E-state index in [1.165, 1.54) is 12.1 Å². The summed E-state index contributed by atoms with van der Waals surface area (Å²) in [7, 11) is 0. The predicted molar refractivity (Wildman–Crippen MR) is 101 cm³/mol. The maximum Gasteiger partial charge on any atom is 0.233 e. The molecule has 1 aliphatic rings. The van der Waals surface area contributed by atoms with Crippen LogP contribution in [0.2, 0.25) is 0 Å². The molecule has 1 amide bonds. The summed E-state index contributed by atoms with van der Waals surface area (Å²) in [5.41, 5.74) is 2.26. The lowest BCUT2D eigenvalue weighted by molar-refractivity contribution is -0.129. The average Bonchev–Trinajstić information content (AvgIpc) is 3.05. The Hall–Kier alpha value is -2.41. The van der Waals surface area contributed by atoms with Gasteiger partial charge in [-0.15, -0.1) is 0 Å². The van der Waals surface area contributed by atoms with Crippen LogP contribution in [0.15, 0.2) is 28.8 Å². The van der Waals surface area contributed by atoms with Crippen molar-refractivity contribution >= 4 is 11.8 Å². The van der Waals surface area contributed by atoms with Gasteiger partial charge in [0.2, 0.25) is 11.8 Å². The predicted octanol–water partition coefficient (Wildman–Crippen LogP) is 3.32. The van der Waals surface area contributed by atoms with Gasteiger partial charge in [0.15, 0.2) is 0 Å². The number of carbonyl (C=O) groups excluding carboxylic acids is 1. The Balaban J connectivity index is 1.99. The summed E-state index contributed by atoms with van der Waals surface area (Å²) in [6.45, 7) is 9.42. The van der Waals surface area contributed by atoms with Gasteiger partial charge >= 0.3 is 0 Å². The molecule has 0 N–H and O–H groups in total. The molecule has 1 saturated heterocycles. The number of morpholine rings is 1. The lowest BCUT2D eigenvalue weighted by Gasteiger charge is -2.28. The molecule has 0 bridgehead atoms. The van der Waals surface area contributed by atoms with Crippen LogP contribution in [0.3, 0.4) is 0 Å². The van der Waals surface area contributed by atoms with Gasteiger partial charge in [0.1, 0.15) is 11.5 Å². The first-order valence-corrected chi connectivity index (χ1v) is 9.28. The molecule has 1 aromatic carbocycles. The Bertz CT molecular complexity index is 767. The number of ether oxygens (including phenoxy) is 1. The minimum absolute atomic E-state index is 0.00267. The third kappa shape index (κ3) is 4.66. The van der Waals surface area contributed by atoms with Gasteiger partial charge in [-0.3, -0.25) is 4.79 Å². The minimum Gasteiger partial charge on any atom is -0.378 e. The number of nitrogens with zero attached hydrogens (tertiary/aromatic N) is 3. The summed E-state index contributed by atoms with van der Waals surface area (Å²) in [5, 5.41) is 4.26. The van der Waals surface area contributed by atoms with E-state index in [9.17, 15) is 9.18 Å². The molecular formula is C20H26FN3O3. The number of carbonyl (C=O) groups is 1. The molecular weight excluding hydrogens is 349 g/mol. The summed E-state index contributed by atoms with van der Waals surface area (Å²) in [5.74, 6) is 0.702. The van der Waals surface area contributed by atoms with Crippen LogP contribution < -0.4 is 4.90 Å². The normalized spacial score (nSPS) is 14.6.